The van der Waals surface area contributed by atoms with Gasteiger partial charge in [-0.3, -0.25) is 9.78 Å². The summed E-state index contributed by atoms with van der Waals surface area (Å²) in [5.74, 6) is 0.602. The molecule has 104 valence electrons. The van der Waals surface area contributed by atoms with Crippen molar-refractivity contribution < 1.29 is 4.79 Å². The SMILES string of the molecule is CC(=O)c1cnc(N(C)Cc2ccncc2C)nc1C. The normalized spacial score (nSPS) is 10.4. The number of aromatic nitrogens is 3. The number of rotatable bonds is 4. The number of Topliss-reactive ketones (excluding diaryl/α,β-unsaturated/α-hetero) is 1. The van der Waals surface area contributed by atoms with E-state index in [-0.39, 0.29) is 5.78 Å². The highest BCUT2D eigenvalue weighted by Crippen LogP contribution is 2.14. The molecule has 2 aromatic heterocycles. The third kappa shape index (κ3) is 2.99. The van der Waals surface area contributed by atoms with Crippen molar-refractivity contribution in [2.75, 3.05) is 11.9 Å². The second-order valence-corrected chi connectivity index (χ2v) is 4.88. The lowest BCUT2D eigenvalue weighted by Crippen LogP contribution is -2.20. The Hall–Kier alpha value is -2.30. The molecule has 2 heterocycles. The number of carbonyl (C=O) groups is 1. The fourth-order valence-electron chi connectivity index (χ4n) is 1.99. The van der Waals surface area contributed by atoms with E-state index in [1.807, 2.05) is 38.1 Å². The van der Waals surface area contributed by atoms with Crippen molar-refractivity contribution in [1.82, 2.24) is 15.0 Å². The summed E-state index contributed by atoms with van der Waals surface area (Å²) in [6.07, 6.45) is 5.21. The average molecular weight is 270 g/mol. The van der Waals surface area contributed by atoms with E-state index in [0.29, 0.717) is 23.8 Å². The van der Waals surface area contributed by atoms with Crippen molar-refractivity contribution in [1.29, 1.82) is 0 Å². The zero-order valence-electron chi connectivity index (χ0n) is 12.2. The fourth-order valence-corrected chi connectivity index (χ4v) is 1.99. The summed E-state index contributed by atoms with van der Waals surface area (Å²) in [4.78, 5) is 26.1. The molecule has 2 rings (SSSR count). The summed E-state index contributed by atoms with van der Waals surface area (Å²) in [6.45, 7) is 6.08. The Balaban J connectivity index is 2.22. The molecule has 0 aromatic carbocycles. The monoisotopic (exact) mass is 270 g/mol. The van der Waals surface area contributed by atoms with Gasteiger partial charge >= 0.3 is 0 Å². The smallest absolute Gasteiger partial charge is 0.225 e. The topological polar surface area (TPSA) is 59.0 Å². The van der Waals surface area contributed by atoms with Gasteiger partial charge in [0.05, 0.1) is 11.3 Å². The standard InChI is InChI=1S/C15H18N4O/c1-10-7-16-6-5-13(10)9-19(4)15-17-8-14(12(3)20)11(2)18-15/h5-8H,9H2,1-4H3. The minimum absolute atomic E-state index is 0.0123. The van der Waals surface area contributed by atoms with Gasteiger partial charge in [-0.05, 0) is 38.0 Å². The molecular formula is C15H18N4O. The van der Waals surface area contributed by atoms with Gasteiger partial charge in [0.15, 0.2) is 5.78 Å². The van der Waals surface area contributed by atoms with Crippen LogP contribution in [0.15, 0.2) is 24.7 Å². The van der Waals surface area contributed by atoms with E-state index in [1.54, 1.807) is 12.4 Å². The molecule has 0 aliphatic heterocycles. The molecule has 0 atom stereocenters. The minimum Gasteiger partial charge on any atom is -0.340 e. The van der Waals surface area contributed by atoms with E-state index in [2.05, 4.69) is 15.0 Å². The molecule has 0 spiro atoms. The Morgan fingerprint density at radius 3 is 2.65 bits per heavy atom. The minimum atomic E-state index is -0.0123. The molecule has 0 amide bonds. The summed E-state index contributed by atoms with van der Waals surface area (Å²) in [5, 5.41) is 0. The maximum absolute atomic E-state index is 11.4. The van der Waals surface area contributed by atoms with Gasteiger partial charge in [0, 0.05) is 32.2 Å². The Morgan fingerprint density at radius 2 is 2.05 bits per heavy atom. The van der Waals surface area contributed by atoms with Crippen molar-refractivity contribution in [3.05, 3.63) is 47.0 Å². The predicted molar refractivity (Wildman–Crippen MR) is 77.9 cm³/mol. The van der Waals surface area contributed by atoms with E-state index in [1.165, 1.54) is 12.5 Å². The number of aryl methyl sites for hydroxylation is 2. The number of ketones is 1. The highest BCUT2D eigenvalue weighted by molar-refractivity contribution is 5.94. The van der Waals surface area contributed by atoms with Crippen molar-refractivity contribution in [2.45, 2.75) is 27.3 Å². The van der Waals surface area contributed by atoms with Crippen LogP contribution in [0.25, 0.3) is 0 Å². The lowest BCUT2D eigenvalue weighted by atomic mass is 10.1. The number of carbonyl (C=O) groups excluding carboxylic acids is 1. The summed E-state index contributed by atoms with van der Waals surface area (Å²) in [5.41, 5.74) is 3.60. The molecule has 0 bridgehead atoms. The second-order valence-electron chi connectivity index (χ2n) is 4.88. The van der Waals surface area contributed by atoms with Gasteiger partial charge in [0.1, 0.15) is 0 Å². The van der Waals surface area contributed by atoms with Crippen molar-refractivity contribution >= 4 is 11.7 Å². The first-order valence-electron chi connectivity index (χ1n) is 6.44. The molecule has 0 saturated carbocycles. The molecule has 0 N–H and O–H groups in total. The summed E-state index contributed by atoms with van der Waals surface area (Å²) in [7, 11) is 1.93. The van der Waals surface area contributed by atoms with Gasteiger partial charge in [-0.2, -0.15) is 0 Å². The van der Waals surface area contributed by atoms with Gasteiger partial charge in [-0.1, -0.05) is 0 Å². The summed E-state index contributed by atoms with van der Waals surface area (Å²) < 4.78 is 0. The van der Waals surface area contributed by atoms with Crippen LogP contribution in [-0.2, 0) is 6.54 Å². The molecule has 5 heteroatoms. The first-order valence-corrected chi connectivity index (χ1v) is 6.44. The number of anilines is 1. The molecule has 5 nitrogen and oxygen atoms in total. The molecule has 0 saturated heterocycles. The Labute approximate surface area is 118 Å². The van der Waals surface area contributed by atoms with Crippen LogP contribution < -0.4 is 4.90 Å². The lowest BCUT2D eigenvalue weighted by Gasteiger charge is -2.18. The Kier molecular flexibility index (Phi) is 4.08. The average Bonchev–Trinajstić information content (AvgIpc) is 2.40. The van der Waals surface area contributed by atoms with E-state index in [9.17, 15) is 4.79 Å². The Bertz CT molecular complexity index is 640. The van der Waals surface area contributed by atoms with Gasteiger partial charge < -0.3 is 4.90 Å². The number of hydrogen-bond acceptors (Lipinski definition) is 5. The van der Waals surface area contributed by atoms with Crippen LogP contribution in [0.1, 0.15) is 34.1 Å². The highest BCUT2D eigenvalue weighted by atomic mass is 16.1. The van der Waals surface area contributed by atoms with Crippen LogP contribution in [-0.4, -0.2) is 27.8 Å². The van der Waals surface area contributed by atoms with Crippen LogP contribution in [0, 0.1) is 13.8 Å². The van der Waals surface area contributed by atoms with Gasteiger partial charge in [0.2, 0.25) is 5.95 Å². The van der Waals surface area contributed by atoms with Crippen molar-refractivity contribution in [3.63, 3.8) is 0 Å². The van der Waals surface area contributed by atoms with E-state index in [0.717, 1.165) is 5.56 Å². The maximum Gasteiger partial charge on any atom is 0.225 e. The van der Waals surface area contributed by atoms with Crippen molar-refractivity contribution in [2.24, 2.45) is 0 Å². The largest absolute Gasteiger partial charge is 0.340 e. The molecule has 0 aliphatic rings. The summed E-state index contributed by atoms with van der Waals surface area (Å²) >= 11 is 0. The van der Waals surface area contributed by atoms with E-state index < -0.39 is 0 Å². The number of hydrogen-bond donors (Lipinski definition) is 0. The first kappa shape index (κ1) is 14.1. The molecule has 0 unspecified atom stereocenters. The van der Waals surface area contributed by atoms with Crippen LogP contribution in [0.4, 0.5) is 5.95 Å². The van der Waals surface area contributed by atoms with Crippen LogP contribution in [0.5, 0.6) is 0 Å². The van der Waals surface area contributed by atoms with Gasteiger partial charge in [-0.15, -0.1) is 0 Å². The Morgan fingerprint density at radius 1 is 1.30 bits per heavy atom. The zero-order chi connectivity index (χ0) is 14.7. The zero-order valence-corrected chi connectivity index (χ0v) is 12.2. The number of nitrogens with zero attached hydrogens (tertiary/aromatic N) is 4. The second kappa shape index (κ2) is 5.77. The fraction of sp³-hybridized carbons (Fsp3) is 0.333. The van der Waals surface area contributed by atoms with Gasteiger partial charge in [-0.25, -0.2) is 9.97 Å². The maximum atomic E-state index is 11.4. The molecule has 0 aliphatic carbocycles. The molecule has 0 radical (unpaired) electrons. The van der Waals surface area contributed by atoms with E-state index >= 15 is 0 Å². The van der Waals surface area contributed by atoms with Crippen LogP contribution >= 0.6 is 0 Å². The first-order chi connectivity index (χ1) is 9.49. The molecule has 2 aromatic rings. The molecular weight excluding hydrogens is 252 g/mol. The predicted octanol–water partition coefficient (Wildman–Crippen LogP) is 2.33. The lowest BCUT2D eigenvalue weighted by molar-refractivity contribution is 0.101. The summed E-state index contributed by atoms with van der Waals surface area (Å²) in [6, 6.07) is 1.99. The van der Waals surface area contributed by atoms with Crippen LogP contribution in [0.3, 0.4) is 0 Å². The quantitative estimate of drug-likeness (QED) is 0.798. The molecule has 0 fully saturated rings. The number of pyridine rings is 1. The van der Waals surface area contributed by atoms with E-state index in [4.69, 9.17) is 0 Å². The van der Waals surface area contributed by atoms with Crippen molar-refractivity contribution in [3.8, 4) is 0 Å². The third-order valence-electron chi connectivity index (χ3n) is 3.23. The van der Waals surface area contributed by atoms with Crippen LogP contribution in [0.2, 0.25) is 0 Å². The highest BCUT2D eigenvalue weighted by Gasteiger charge is 2.11. The van der Waals surface area contributed by atoms with Gasteiger partial charge in [0.25, 0.3) is 0 Å². The third-order valence-corrected chi connectivity index (χ3v) is 3.23. The molecule has 20 heavy (non-hydrogen) atoms.